The SMILES string of the molecule is Cc1ncsc1-c1ccc(C(C)NC(=O)C2CCCN2C(=O)C(N/C=C(\N)C2CCC2)C(C)(C)C)cc1. The van der Waals surface area contributed by atoms with Gasteiger partial charge in [-0.3, -0.25) is 9.59 Å². The maximum Gasteiger partial charge on any atom is 0.246 e. The van der Waals surface area contributed by atoms with Crippen molar-refractivity contribution in [2.75, 3.05) is 6.54 Å². The second-order valence-electron chi connectivity index (χ2n) is 11.5. The summed E-state index contributed by atoms with van der Waals surface area (Å²) in [6, 6.07) is 7.17. The lowest BCUT2D eigenvalue weighted by atomic mass is 9.83. The van der Waals surface area contributed by atoms with Crippen LogP contribution in [0.25, 0.3) is 10.4 Å². The summed E-state index contributed by atoms with van der Waals surface area (Å²) in [6.07, 6.45) is 6.74. The number of rotatable bonds is 8. The summed E-state index contributed by atoms with van der Waals surface area (Å²) in [5.41, 5.74) is 11.8. The van der Waals surface area contributed by atoms with Gasteiger partial charge in [0.05, 0.1) is 22.1 Å². The summed E-state index contributed by atoms with van der Waals surface area (Å²) in [5, 5.41) is 6.47. The molecule has 0 spiro atoms. The molecule has 2 heterocycles. The van der Waals surface area contributed by atoms with Crippen molar-refractivity contribution in [2.45, 2.75) is 84.8 Å². The van der Waals surface area contributed by atoms with Gasteiger partial charge >= 0.3 is 0 Å². The standard InChI is InChI=1S/C29H41N5O2S/c1-18(20-11-13-22(14-12-20)25-19(2)32-17-37-25)33-27(35)24-10-7-15-34(24)28(36)26(29(3,4)5)31-16-23(30)21-8-6-9-21/h11-14,16-18,21,24,26,31H,6-10,15,30H2,1-5H3,(H,33,35)/b23-16-. The summed E-state index contributed by atoms with van der Waals surface area (Å²) in [7, 11) is 0. The Balaban J connectivity index is 1.41. The number of amides is 2. The van der Waals surface area contributed by atoms with E-state index < -0.39 is 12.1 Å². The molecule has 3 atom stereocenters. The van der Waals surface area contributed by atoms with Gasteiger partial charge in [-0.25, -0.2) is 4.98 Å². The summed E-state index contributed by atoms with van der Waals surface area (Å²) >= 11 is 1.63. The molecular formula is C29H41N5O2S. The third-order valence-corrected chi connectivity index (χ3v) is 8.70. The summed E-state index contributed by atoms with van der Waals surface area (Å²) in [4.78, 5) is 34.3. The van der Waals surface area contributed by atoms with Crippen LogP contribution in [-0.2, 0) is 9.59 Å². The molecule has 0 bridgehead atoms. The van der Waals surface area contributed by atoms with E-state index in [4.69, 9.17) is 5.73 Å². The van der Waals surface area contributed by atoms with Crippen molar-refractivity contribution >= 4 is 23.2 Å². The highest BCUT2D eigenvalue weighted by Crippen LogP contribution is 2.31. The van der Waals surface area contributed by atoms with Gasteiger partial charge in [-0.15, -0.1) is 11.3 Å². The number of thiazole rings is 1. The fourth-order valence-electron chi connectivity index (χ4n) is 5.09. The average Bonchev–Trinajstić information content (AvgIpc) is 3.46. The highest BCUT2D eigenvalue weighted by Gasteiger charge is 2.41. The lowest BCUT2D eigenvalue weighted by Gasteiger charge is -2.36. The fraction of sp³-hybridized carbons (Fsp3) is 0.552. The molecule has 2 aromatic rings. The van der Waals surface area contributed by atoms with Crippen LogP contribution in [0.1, 0.15) is 77.1 Å². The lowest BCUT2D eigenvalue weighted by molar-refractivity contribution is -0.142. The van der Waals surface area contributed by atoms with Gasteiger partial charge in [0.1, 0.15) is 12.1 Å². The summed E-state index contributed by atoms with van der Waals surface area (Å²) < 4.78 is 0. The number of nitrogens with two attached hydrogens (primary N) is 1. The molecule has 1 aliphatic carbocycles. The van der Waals surface area contributed by atoms with Crippen LogP contribution in [0.5, 0.6) is 0 Å². The Kier molecular flexibility index (Phi) is 8.26. The van der Waals surface area contributed by atoms with Crippen molar-refractivity contribution in [1.29, 1.82) is 0 Å². The molecule has 3 unspecified atom stereocenters. The minimum Gasteiger partial charge on any atom is -0.401 e. The molecule has 4 rings (SSSR count). The Labute approximate surface area is 224 Å². The number of allylic oxidation sites excluding steroid dienone is 1. The molecule has 4 N–H and O–H groups in total. The Bertz CT molecular complexity index is 1130. The monoisotopic (exact) mass is 523 g/mol. The predicted octanol–water partition coefficient (Wildman–Crippen LogP) is 4.89. The fourth-order valence-corrected chi connectivity index (χ4v) is 5.91. The third-order valence-electron chi connectivity index (χ3n) is 7.72. The maximum absolute atomic E-state index is 13.7. The number of nitrogens with zero attached hydrogens (tertiary/aromatic N) is 2. The molecule has 1 aliphatic heterocycles. The van der Waals surface area contributed by atoms with E-state index in [1.54, 1.807) is 16.2 Å². The van der Waals surface area contributed by atoms with Gasteiger partial charge in [0.15, 0.2) is 0 Å². The molecule has 1 saturated carbocycles. The Morgan fingerprint density at radius 2 is 1.86 bits per heavy atom. The Morgan fingerprint density at radius 1 is 1.16 bits per heavy atom. The zero-order valence-corrected chi connectivity index (χ0v) is 23.5. The number of carbonyl (C=O) groups is 2. The molecule has 200 valence electrons. The number of aromatic nitrogens is 1. The van der Waals surface area contributed by atoms with E-state index in [1.165, 1.54) is 6.42 Å². The van der Waals surface area contributed by atoms with Crippen LogP contribution in [0.15, 0.2) is 41.7 Å². The summed E-state index contributed by atoms with van der Waals surface area (Å²) in [6.45, 7) is 10.7. The number of likely N-dealkylation sites (tertiary alicyclic amines) is 1. The van der Waals surface area contributed by atoms with E-state index in [0.717, 1.165) is 46.7 Å². The first-order valence-corrected chi connectivity index (χ1v) is 14.3. The topological polar surface area (TPSA) is 100 Å². The maximum atomic E-state index is 13.7. The van der Waals surface area contributed by atoms with Gasteiger partial charge in [0.2, 0.25) is 11.8 Å². The molecule has 7 nitrogen and oxygen atoms in total. The first kappa shape index (κ1) is 27.2. The summed E-state index contributed by atoms with van der Waals surface area (Å²) in [5.74, 6) is 0.271. The number of carbonyl (C=O) groups excluding carboxylic acids is 2. The predicted molar refractivity (Wildman–Crippen MR) is 150 cm³/mol. The molecule has 1 saturated heterocycles. The van der Waals surface area contributed by atoms with Crippen molar-refractivity contribution in [2.24, 2.45) is 17.1 Å². The molecule has 2 amide bonds. The van der Waals surface area contributed by atoms with E-state index in [-0.39, 0.29) is 23.3 Å². The molecule has 8 heteroatoms. The normalized spacial score (nSPS) is 20.3. The molecule has 1 aromatic carbocycles. The first-order valence-electron chi connectivity index (χ1n) is 13.4. The van der Waals surface area contributed by atoms with Crippen molar-refractivity contribution in [3.8, 4) is 10.4 Å². The van der Waals surface area contributed by atoms with Crippen LogP contribution in [0.3, 0.4) is 0 Å². The minimum absolute atomic E-state index is 0.0419. The number of nitrogens with one attached hydrogen (secondary N) is 2. The first-order chi connectivity index (χ1) is 17.6. The van der Waals surface area contributed by atoms with Gasteiger partial charge in [-0.1, -0.05) is 51.5 Å². The zero-order chi connectivity index (χ0) is 26.7. The van der Waals surface area contributed by atoms with Gasteiger partial charge in [0.25, 0.3) is 0 Å². The van der Waals surface area contributed by atoms with Crippen LogP contribution < -0.4 is 16.4 Å². The second-order valence-corrected chi connectivity index (χ2v) is 12.4. The van der Waals surface area contributed by atoms with E-state index >= 15 is 0 Å². The zero-order valence-electron chi connectivity index (χ0n) is 22.7. The van der Waals surface area contributed by atoms with Gasteiger partial charge in [-0.2, -0.15) is 0 Å². The Hall–Kier alpha value is -2.87. The van der Waals surface area contributed by atoms with Crippen LogP contribution >= 0.6 is 11.3 Å². The largest absolute Gasteiger partial charge is 0.401 e. The highest BCUT2D eigenvalue weighted by atomic mass is 32.1. The Morgan fingerprint density at radius 3 is 2.43 bits per heavy atom. The molecule has 2 aliphatic rings. The number of hydrogen-bond acceptors (Lipinski definition) is 6. The number of aryl methyl sites for hydroxylation is 1. The molecular weight excluding hydrogens is 482 g/mol. The third kappa shape index (κ3) is 6.17. The van der Waals surface area contributed by atoms with Crippen LogP contribution in [0.4, 0.5) is 0 Å². The van der Waals surface area contributed by atoms with Crippen LogP contribution in [0, 0.1) is 18.3 Å². The number of hydrogen-bond donors (Lipinski definition) is 3. The van der Waals surface area contributed by atoms with Crippen LogP contribution in [-0.4, -0.2) is 40.3 Å². The quantitative estimate of drug-likeness (QED) is 0.457. The van der Waals surface area contributed by atoms with E-state index in [9.17, 15) is 9.59 Å². The molecule has 0 radical (unpaired) electrons. The average molecular weight is 524 g/mol. The molecule has 37 heavy (non-hydrogen) atoms. The molecule has 1 aromatic heterocycles. The van der Waals surface area contributed by atoms with Crippen molar-refractivity contribution < 1.29 is 9.59 Å². The van der Waals surface area contributed by atoms with E-state index in [0.29, 0.717) is 18.9 Å². The molecule has 2 fully saturated rings. The van der Waals surface area contributed by atoms with Crippen molar-refractivity contribution in [1.82, 2.24) is 20.5 Å². The minimum atomic E-state index is -0.464. The smallest absolute Gasteiger partial charge is 0.246 e. The van der Waals surface area contributed by atoms with Crippen molar-refractivity contribution in [3.63, 3.8) is 0 Å². The number of benzene rings is 1. The van der Waals surface area contributed by atoms with E-state index in [1.807, 2.05) is 46.3 Å². The van der Waals surface area contributed by atoms with E-state index in [2.05, 4.69) is 39.9 Å². The van der Waals surface area contributed by atoms with Gasteiger partial charge in [-0.05, 0) is 62.0 Å². The second kappa shape index (κ2) is 11.3. The van der Waals surface area contributed by atoms with Crippen molar-refractivity contribution in [3.05, 3.63) is 52.9 Å². The highest BCUT2D eigenvalue weighted by molar-refractivity contribution is 7.13. The van der Waals surface area contributed by atoms with Gasteiger partial charge < -0.3 is 21.3 Å². The lowest BCUT2D eigenvalue weighted by Crippen LogP contribution is -2.55. The van der Waals surface area contributed by atoms with Crippen LogP contribution in [0.2, 0.25) is 0 Å². The van der Waals surface area contributed by atoms with Gasteiger partial charge in [0, 0.05) is 18.4 Å².